The normalized spacial score (nSPS) is 12.7. The lowest BCUT2D eigenvalue weighted by Crippen LogP contribution is -2.25. The van der Waals surface area contributed by atoms with Gasteiger partial charge in [0.15, 0.2) is 0 Å². The van der Waals surface area contributed by atoms with Crippen molar-refractivity contribution in [2.75, 3.05) is 6.54 Å². The summed E-state index contributed by atoms with van der Waals surface area (Å²) in [7, 11) is 2.01. The highest BCUT2D eigenvalue weighted by molar-refractivity contribution is 9.11. The van der Waals surface area contributed by atoms with Gasteiger partial charge in [-0.1, -0.05) is 38.8 Å². The van der Waals surface area contributed by atoms with Crippen LogP contribution in [0.25, 0.3) is 0 Å². The maximum Gasteiger partial charge on any atom is 0.130 e. The molecule has 0 radical (unpaired) electrons. The van der Waals surface area contributed by atoms with Crippen LogP contribution in [-0.2, 0) is 7.05 Å². The molecule has 0 spiro atoms. The van der Waals surface area contributed by atoms with E-state index in [1.54, 1.807) is 0 Å². The highest BCUT2D eigenvalue weighted by atomic mass is 79.9. The molecule has 1 aromatic heterocycles. The highest BCUT2D eigenvalue weighted by Crippen LogP contribution is 2.30. The quantitative estimate of drug-likeness (QED) is 0.887. The maximum absolute atomic E-state index is 4.45. The van der Waals surface area contributed by atoms with Gasteiger partial charge in [-0.2, -0.15) is 0 Å². The summed E-state index contributed by atoms with van der Waals surface area (Å²) in [4.78, 5) is 4.45. The summed E-state index contributed by atoms with van der Waals surface area (Å²) in [5.74, 6) is 1.01. The summed E-state index contributed by atoms with van der Waals surface area (Å²) in [5, 5.41) is 3.48. The van der Waals surface area contributed by atoms with Crippen LogP contribution in [0, 0.1) is 0 Å². The molecule has 5 heteroatoms. The van der Waals surface area contributed by atoms with E-state index in [0.29, 0.717) is 0 Å². The Morgan fingerprint density at radius 3 is 2.78 bits per heavy atom. The average molecular weight is 373 g/mol. The van der Waals surface area contributed by atoms with E-state index in [1.807, 2.05) is 36.1 Å². The fourth-order valence-corrected chi connectivity index (χ4v) is 2.79. The van der Waals surface area contributed by atoms with Crippen LogP contribution in [0.3, 0.4) is 0 Å². The van der Waals surface area contributed by atoms with Gasteiger partial charge in [-0.05, 0) is 30.3 Å². The molecule has 1 heterocycles. The number of hydrogen-bond acceptors (Lipinski definition) is 2. The average Bonchev–Trinajstić information content (AvgIpc) is 2.76. The number of nitrogens with one attached hydrogen (secondary N) is 1. The van der Waals surface area contributed by atoms with Gasteiger partial charge in [0.25, 0.3) is 0 Å². The Kier molecular flexibility index (Phi) is 4.59. The lowest BCUT2D eigenvalue weighted by atomic mass is 10.1. The van der Waals surface area contributed by atoms with Crippen molar-refractivity contribution in [3.8, 4) is 0 Å². The summed E-state index contributed by atoms with van der Waals surface area (Å²) in [5.41, 5.74) is 1.18. The number of hydrogen-bond donors (Lipinski definition) is 1. The predicted molar refractivity (Wildman–Crippen MR) is 80.6 cm³/mol. The van der Waals surface area contributed by atoms with Crippen molar-refractivity contribution in [2.24, 2.45) is 7.05 Å². The Morgan fingerprint density at radius 2 is 2.17 bits per heavy atom. The Morgan fingerprint density at radius 1 is 1.39 bits per heavy atom. The second-order valence-electron chi connectivity index (χ2n) is 4.05. The van der Waals surface area contributed by atoms with E-state index < -0.39 is 0 Å². The smallest absolute Gasteiger partial charge is 0.130 e. The first-order chi connectivity index (χ1) is 8.63. The molecule has 1 aromatic carbocycles. The minimum atomic E-state index is 0.0851. The number of aromatic nitrogens is 2. The van der Waals surface area contributed by atoms with Gasteiger partial charge < -0.3 is 9.88 Å². The second-order valence-corrected chi connectivity index (χ2v) is 5.82. The zero-order valence-electron chi connectivity index (χ0n) is 10.3. The van der Waals surface area contributed by atoms with Crippen LogP contribution in [-0.4, -0.2) is 16.1 Å². The van der Waals surface area contributed by atoms with E-state index in [2.05, 4.69) is 55.2 Å². The molecule has 0 aliphatic heterocycles. The third-order valence-corrected chi connectivity index (χ3v) is 4.01. The molecule has 0 bridgehead atoms. The summed E-state index contributed by atoms with van der Waals surface area (Å²) >= 11 is 7.14. The van der Waals surface area contributed by atoms with Gasteiger partial charge in [-0.25, -0.2) is 4.98 Å². The molecular weight excluding hydrogens is 358 g/mol. The number of imidazole rings is 1. The molecule has 0 amide bonds. The minimum absolute atomic E-state index is 0.0851. The van der Waals surface area contributed by atoms with E-state index in [4.69, 9.17) is 0 Å². The highest BCUT2D eigenvalue weighted by Gasteiger charge is 2.19. The molecule has 1 unspecified atom stereocenters. The van der Waals surface area contributed by atoms with Crippen molar-refractivity contribution in [3.63, 3.8) is 0 Å². The summed E-state index contributed by atoms with van der Waals surface area (Å²) in [6.07, 6.45) is 3.79. The van der Waals surface area contributed by atoms with Crippen LogP contribution in [0.15, 0.2) is 39.5 Å². The van der Waals surface area contributed by atoms with Gasteiger partial charge in [0, 0.05) is 28.4 Å². The van der Waals surface area contributed by atoms with E-state index in [9.17, 15) is 0 Å². The number of halogens is 2. The van der Waals surface area contributed by atoms with Crippen molar-refractivity contribution < 1.29 is 0 Å². The van der Waals surface area contributed by atoms with Gasteiger partial charge >= 0.3 is 0 Å². The van der Waals surface area contributed by atoms with Crippen LogP contribution in [0.5, 0.6) is 0 Å². The molecule has 3 nitrogen and oxygen atoms in total. The van der Waals surface area contributed by atoms with Gasteiger partial charge in [0.1, 0.15) is 5.82 Å². The molecule has 0 saturated carbocycles. The predicted octanol–water partition coefficient (Wildman–Crippen LogP) is 3.64. The van der Waals surface area contributed by atoms with Crippen LogP contribution in [0.4, 0.5) is 0 Å². The van der Waals surface area contributed by atoms with Crippen LogP contribution < -0.4 is 5.32 Å². The van der Waals surface area contributed by atoms with Gasteiger partial charge in [0.2, 0.25) is 0 Å². The van der Waals surface area contributed by atoms with Crippen LogP contribution in [0.1, 0.15) is 24.4 Å². The van der Waals surface area contributed by atoms with Gasteiger partial charge in [-0.15, -0.1) is 0 Å². The SMILES string of the molecule is CCNC(c1cc(Br)ccc1Br)c1nccn1C. The molecular formula is C13H15Br2N3. The first-order valence-electron chi connectivity index (χ1n) is 5.79. The lowest BCUT2D eigenvalue weighted by Gasteiger charge is -2.19. The van der Waals surface area contributed by atoms with Gasteiger partial charge in [0.05, 0.1) is 6.04 Å². The Hall–Kier alpha value is -0.650. The van der Waals surface area contributed by atoms with Gasteiger partial charge in [-0.3, -0.25) is 0 Å². The monoisotopic (exact) mass is 371 g/mol. The largest absolute Gasteiger partial charge is 0.336 e. The molecule has 2 rings (SSSR count). The van der Waals surface area contributed by atoms with E-state index in [1.165, 1.54) is 5.56 Å². The minimum Gasteiger partial charge on any atom is -0.336 e. The van der Waals surface area contributed by atoms with Crippen molar-refractivity contribution in [1.29, 1.82) is 0 Å². The van der Waals surface area contributed by atoms with Crippen molar-refractivity contribution in [2.45, 2.75) is 13.0 Å². The van der Waals surface area contributed by atoms with Crippen molar-refractivity contribution >= 4 is 31.9 Å². The first-order valence-corrected chi connectivity index (χ1v) is 7.37. The molecule has 1 N–H and O–H groups in total. The summed E-state index contributed by atoms with van der Waals surface area (Å²) < 4.78 is 4.19. The molecule has 2 aromatic rings. The maximum atomic E-state index is 4.45. The zero-order valence-corrected chi connectivity index (χ0v) is 13.5. The summed E-state index contributed by atoms with van der Waals surface area (Å²) in [6, 6.07) is 6.27. The van der Waals surface area contributed by atoms with E-state index in [-0.39, 0.29) is 6.04 Å². The van der Waals surface area contributed by atoms with Crippen LogP contribution in [0.2, 0.25) is 0 Å². The fourth-order valence-electron chi connectivity index (χ4n) is 1.94. The number of aryl methyl sites for hydroxylation is 1. The van der Waals surface area contributed by atoms with Crippen molar-refractivity contribution in [3.05, 3.63) is 50.9 Å². The molecule has 0 fully saturated rings. The lowest BCUT2D eigenvalue weighted by molar-refractivity contribution is 0.575. The van der Waals surface area contributed by atoms with E-state index >= 15 is 0 Å². The Balaban J connectivity index is 2.48. The molecule has 0 aliphatic carbocycles. The molecule has 18 heavy (non-hydrogen) atoms. The third kappa shape index (κ3) is 2.84. The molecule has 0 saturated heterocycles. The summed E-state index contributed by atoms with van der Waals surface area (Å²) in [6.45, 7) is 2.98. The first kappa shape index (κ1) is 13.8. The third-order valence-electron chi connectivity index (χ3n) is 2.79. The molecule has 96 valence electrons. The Bertz CT molecular complexity index is 537. The Labute approximate surface area is 124 Å². The topological polar surface area (TPSA) is 29.9 Å². The fraction of sp³-hybridized carbons (Fsp3) is 0.308. The zero-order chi connectivity index (χ0) is 13.1. The molecule has 0 aliphatic rings. The standard InChI is InChI=1S/C13H15Br2N3/c1-3-16-12(13-17-6-7-18(13)2)10-8-9(14)4-5-11(10)15/h4-8,12,16H,3H2,1-2H3. The number of nitrogens with zero attached hydrogens (tertiary/aromatic N) is 2. The molecule has 1 atom stereocenters. The second kappa shape index (κ2) is 5.99. The van der Waals surface area contributed by atoms with E-state index in [0.717, 1.165) is 21.3 Å². The number of rotatable bonds is 4. The number of benzene rings is 1. The van der Waals surface area contributed by atoms with Crippen molar-refractivity contribution in [1.82, 2.24) is 14.9 Å². The van der Waals surface area contributed by atoms with Crippen LogP contribution >= 0.6 is 31.9 Å².